The Bertz CT molecular complexity index is 732. The van der Waals surface area contributed by atoms with Crippen LogP contribution in [0.25, 0.3) is 0 Å². The van der Waals surface area contributed by atoms with Crippen LogP contribution in [0, 0.1) is 10.5 Å². The molecule has 0 bridgehead atoms. The molecule has 1 heterocycles. The lowest BCUT2D eigenvalue weighted by Crippen LogP contribution is -2.43. The Morgan fingerprint density at radius 1 is 1.33 bits per heavy atom. The van der Waals surface area contributed by atoms with Crippen LogP contribution >= 0.6 is 22.6 Å². The van der Waals surface area contributed by atoms with Crippen molar-refractivity contribution in [3.05, 3.63) is 39.7 Å². The van der Waals surface area contributed by atoms with Crippen molar-refractivity contribution in [1.82, 2.24) is 10.1 Å². The Morgan fingerprint density at radius 2 is 2.08 bits per heavy atom. The zero-order valence-electron chi connectivity index (χ0n) is 13.7. The van der Waals surface area contributed by atoms with E-state index in [4.69, 9.17) is 4.52 Å². The van der Waals surface area contributed by atoms with Gasteiger partial charge in [-0.3, -0.25) is 14.5 Å². The van der Waals surface area contributed by atoms with Crippen LogP contribution in [0.5, 0.6) is 0 Å². The summed E-state index contributed by atoms with van der Waals surface area (Å²) in [6.45, 7) is 3.55. The van der Waals surface area contributed by atoms with Crippen LogP contribution in [0.2, 0.25) is 0 Å². The van der Waals surface area contributed by atoms with Gasteiger partial charge in [-0.15, -0.1) is 0 Å². The van der Waals surface area contributed by atoms with E-state index < -0.39 is 6.04 Å². The fraction of sp³-hybridized carbons (Fsp3) is 0.312. The molecule has 2 rings (SSSR count). The lowest BCUT2D eigenvalue weighted by Gasteiger charge is -2.23. The molecule has 128 valence electrons. The first-order chi connectivity index (χ1) is 11.3. The Kier molecular flexibility index (Phi) is 6.32. The minimum atomic E-state index is -0.465. The number of amides is 2. The molecule has 0 saturated carbocycles. The molecule has 0 saturated heterocycles. The predicted octanol–water partition coefficient (Wildman–Crippen LogP) is 2.49. The van der Waals surface area contributed by atoms with Gasteiger partial charge in [-0.05, 0) is 61.7 Å². The second-order valence-electron chi connectivity index (χ2n) is 5.46. The van der Waals surface area contributed by atoms with Gasteiger partial charge in [-0.2, -0.15) is 0 Å². The maximum Gasteiger partial charge on any atom is 0.241 e. The fourth-order valence-corrected chi connectivity index (χ4v) is 2.53. The zero-order chi connectivity index (χ0) is 17.7. The van der Waals surface area contributed by atoms with Crippen molar-refractivity contribution in [3.8, 4) is 0 Å². The van der Waals surface area contributed by atoms with Crippen molar-refractivity contribution in [2.75, 3.05) is 24.2 Å². The van der Waals surface area contributed by atoms with Gasteiger partial charge in [0.2, 0.25) is 11.8 Å². The largest absolute Gasteiger partial charge is 0.360 e. The van der Waals surface area contributed by atoms with Crippen molar-refractivity contribution in [3.63, 3.8) is 0 Å². The summed E-state index contributed by atoms with van der Waals surface area (Å²) in [5.74, 6) is 0.537. The molecule has 8 heteroatoms. The summed E-state index contributed by atoms with van der Waals surface area (Å²) in [7, 11) is 1.71. The molecule has 2 N–H and O–H groups in total. The highest BCUT2D eigenvalue weighted by atomic mass is 127. The van der Waals surface area contributed by atoms with Crippen molar-refractivity contribution in [1.29, 1.82) is 0 Å². The molecule has 2 amide bonds. The van der Waals surface area contributed by atoms with Gasteiger partial charge in [-0.1, -0.05) is 11.2 Å². The number of hydrogen-bond acceptors (Lipinski definition) is 5. The number of carbonyl (C=O) groups is 2. The van der Waals surface area contributed by atoms with Crippen molar-refractivity contribution < 1.29 is 14.1 Å². The van der Waals surface area contributed by atoms with E-state index in [1.807, 2.05) is 24.3 Å². The van der Waals surface area contributed by atoms with Crippen LogP contribution < -0.4 is 10.6 Å². The Labute approximate surface area is 153 Å². The third-order valence-corrected chi connectivity index (χ3v) is 4.09. The third-order valence-electron chi connectivity index (χ3n) is 3.42. The Balaban J connectivity index is 1.87. The summed E-state index contributed by atoms with van der Waals surface area (Å²) in [5, 5.41) is 9.17. The number of aromatic nitrogens is 1. The summed E-state index contributed by atoms with van der Waals surface area (Å²) in [5.41, 5.74) is 0.731. The molecule has 0 aliphatic carbocycles. The van der Waals surface area contributed by atoms with Crippen LogP contribution in [0.15, 0.2) is 34.9 Å². The number of nitrogens with zero attached hydrogens (tertiary/aromatic N) is 2. The van der Waals surface area contributed by atoms with Gasteiger partial charge < -0.3 is 15.2 Å². The van der Waals surface area contributed by atoms with E-state index in [2.05, 4.69) is 38.4 Å². The minimum absolute atomic E-state index is 0.0623. The maximum atomic E-state index is 12.3. The van der Waals surface area contributed by atoms with Crippen molar-refractivity contribution in [2.45, 2.75) is 19.9 Å². The van der Waals surface area contributed by atoms with E-state index in [1.165, 1.54) is 0 Å². The van der Waals surface area contributed by atoms with Crippen LogP contribution in [-0.4, -0.2) is 41.5 Å². The normalized spacial score (nSPS) is 12.0. The van der Waals surface area contributed by atoms with E-state index >= 15 is 0 Å². The monoisotopic (exact) mass is 442 g/mol. The molecule has 2 aromatic rings. The molecule has 0 radical (unpaired) electrons. The van der Waals surface area contributed by atoms with E-state index in [-0.39, 0.29) is 18.4 Å². The first-order valence-electron chi connectivity index (χ1n) is 7.35. The molecule has 24 heavy (non-hydrogen) atoms. The molecule has 1 aromatic carbocycles. The fourth-order valence-electron chi connectivity index (χ4n) is 1.98. The molecule has 0 aliphatic heterocycles. The Morgan fingerprint density at radius 3 is 2.71 bits per heavy atom. The highest BCUT2D eigenvalue weighted by Crippen LogP contribution is 2.13. The molecule has 0 fully saturated rings. The molecular weight excluding hydrogens is 423 g/mol. The number of anilines is 2. The average Bonchev–Trinajstić information content (AvgIpc) is 2.91. The molecular formula is C16H19IN4O3. The number of aryl methyl sites for hydroxylation is 1. The lowest BCUT2D eigenvalue weighted by atomic mass is 10.2. The number of halogens is 1. The average molecular weight is 442 g/mol. The van der Waals surface area contributed by atoms with Crippen molar-refractivity contribution in [2.24, 2.45) is 0 Å². The van der Waals surface area contributed by atoms with E-state index in [9.17, 15) is 9.59 Å². The molecule has 7 nitrogen and oxygen atoms in total. The highest BCUT2D eigenvalue weighted by Gasteiger charge is 2.20. The van der Waals surface area contributed by atoms with Gasteiger partial charge in [0.25, 0.3) is 0 Å². The van der Waals surface area contributed by atoms with Crippen LogP contribution in [0.1, 0.15) is 12.7 Å². The number of likely N-dealkylation sites (N-methyl/N-ethyl adjacent to an activating group) is 1. The summed E-state index contributed by atoms with van der Waals surface area (Å²) in [6.07, 6.45) is 0. The van der Waals surface area contributed by atoms with Gasteiger partial charge in [0.15, 0.2) is 5.82 Å². The first kappa shape index (κ1) is 18.4. The summed E-state index contributed by atoms with van der Waals surface area (Å²) < 4.78 is 5.92. The highest BCUT2D eigenvalue weighted by molar-refractivity contribution is 14.1. The quantitative estimate of drug-likeness (QED) is 0.672. The summed E-state index contributed by atoms with van der Waals surface area (Å²) in [6, 6.07) is 8.69. The SMILES string of the molecule is Cc1cc(NC(=O)CN(C)C(C)C(=O)Nc2cccc(I)c2)no1. The van der Waals surface area contributed by atoms with Gasteiger partial charge in [0.05, 0.1) is 12.6 Å². The minimum Gasteiger partial charge on any atom is -0.360 e. The number of hydrogen-bond donors (Lipinski definition) is 2. The van der Waals surface area contributed by atoms with Gasteiger partial charge in [0, 0.05) is 15.3 Å². The standard InChI is InChI=1S/C16H19IN4O3/c1-10-7-14(20-24-10)19-15(22)9-21(3)11(2)16(23)18-13-6-4-5-12(17)8-13/h4-8,11H,9H2,1-3H3,(H,18,23)(H,19,20,22). The first-order valence-corrected chi connectivity index (χ1v) is 8.43. The molecule has 1 aromatic heterocycles. The molecule has 0 aliphatic rings. The lowest BCUT2D eigenvalue weighted by molar-refractivity contribution is -0.122. The second-order valence-corrected chi connectivity index (χ2v) is 6.71. The second kappa shape index (κ2) is 8.25. The third kappa shape index (κ3) is 5.31. The smallest absolute Gasteiger partial charge is 0.241 e. The zero-order valence-corrected chi connectivity index (χ0v) is 15.8. The van der Waals surface area contributed by atoms with Crippen LogP contribution in [0.3, 0.4) is 0 Å². The topological polar surface area (TPSA) is 87.5 Å². The van der Waals surface area contributed by atoms with Gasteiger partial charge in [-0.25, -0.2) is 0 Å². The van der Waals surface area contributed by atoms with Crippen molar-refractivity contribution >= 4 is 45.9 Å². The molecule has 1 atom stereocenters. The number of carbonyl (C=O) groups excluding carboxylic acids is 2. The van der Waals surface area contributed by atoms with E-state index in [0.717, 1.165) is 9.26 Å². The number of benzene rings is 1. The van der Waals surface area contributed by atoms with E-state index in [0.29, 0.717) is 11.6 Å². The molecule has 1 unspecified atom stereocenters. The molecule has 0 spiro atoms. The van der Waals surface area contributed by atoms with Gasteiger partial charge >= 0.3 is 0 Å². The summed E-state index contributed by atoms with van der Waals surface area (Å²) >= 11 is 2.18. The number of rotatable bonds is 6. The van der Waals surface area contributed by atoms with E-state index in [1.54, 1.807) is 31.9 Å². The Hall–Kier alpha value is -1.94. The van der Waals surface area contributed by atoms with Crippen LogP contribution in [-0.2, 0) is 9.59 Å². The summed E-state index contributed by atoms with van der Waals surface area (Å²) in [4.78, 5) is 25.9. The van der Waals surface area contributed by atoms with Gasteiger partial charge in [0.1, 0.15) is 5.76 Å². The van der Waals surface area contributed by atoms with Crippen LogP contribution in [0.4, 0.5) is 11.5 Å². The predicted molar refractivity (Wildman–Crippen MR) is 99.8 cm³/mol. The maximum absolute atomic E-state index is 12.3. The number of nitrogens with one attached hydrogen (secondary N) is 2.